The first-order valence-electron chi connectivity index (χ1n) is 17.5. The molecule has 1 saturated carbocycles. The van der Waals surface area contributed by atoms with E-state index in [4.69, 9.17) is 16.7 Å². The number of hydrogen-bond acceptors (Lipinski definition) is 8. The van der Waals surface area contributed by atoms with E-state index in [1.54, 1.807) is 30.9 Å². The predicted molar refractivity (Wildman–Crippen MR) is 215 cm³/mol. The van der Waals surface area contributed by atoms with Crippen LogP contribution >= 0.6 is 0 Å². The average Bonchev–Trinajstić information content (AvgIpc) is 3.81. The highest BCUT2D eigenvalue weighted by atomic mass is 15.6. The standard InChI is InChI=1S/C25H39N5.C10H18N2.C7H5N/c1-11-20(3)13-14-22(5)27(9)17-18-28(10)23(6)15-16-24(7)29-19-26-30(25(29)8)21(4)12-2;11-6-5-10(8-12)7-9-3-1-2-4-9;8-6-7-4-2-1-3-5-7/h13-16,19,21H,3,5-8,11-12,17-18H2,1-2,4,9-10H3;5-6,8-9H,1-4,7,11-12H2;1-5H/b14-13-,16-15-;6-5-,10-8+;. The fourth-order valence-electron chi connectivity index (χ4n) is 4.95. The number of nitrogens with two attached hydrogens (primary N) is 2. The molecule has 0 bridgehead atoms. The quantitative estimate of drug-likeness (QED) is 0.169. The molecule has 1 aliphatic carbocycles. The molecule has 1 heterocycles. The van der Waals surface area contributed by atoms with Crippen LogP contribution in [0.25, 0.3) is 0 Å². The second kappa shape index (κ2) is 24.0. The molecule has 270 valence electrons. The van der Waals surface area contributed by atoms with Gasteiger partial charge >= 0.3 is 0 Å². The van der Waals surface area contributed by atoms with E-state index in [9.17, 15) is 0 Å². The van der Waals surface area contributed by atoms with Crippen LogP contribution < -0.4 is 11.5 Å². The molecule has 0 amide bonds. The van der Waals surface area contributed by atoms with Crippen molar-refractivity contribution in [1.82, 2.24) is 19.7 Å². The number of hydrogen-bond donors (Lipinski definition) is 2. The summed E-state index contributed by atoms with van der Waals surface area (Å²) in [6.45, 7) is 28.6. The van der Waals surface area contributed by atoms with Crippen molar-refractivity contribution in [1.29, 1.82) is 5.26 Å². The first-order chi connectivity index (χ1) is 23.9. The summed E-state index contributed by atoms with van der Waals surface area (Å²) >= 11 is 0. The van der Waals surface area contributed by atoms with Crippen molar-refractivity contribution in [3.63, 3.8) is 0 Å². The van der Waals surface area contributed by atoms with E-state index in [0.29, 0.717) is 11.6 Å². The maximum absolute atomic E-state index is 8.29. The lowest BCUT2D eigenvalue weighted by Crippen LogP contribution is -2.29. The van der Waals surface area contributed by atoms with Gasteiger partial charge < -0.3 is 21.3 Å². The van der Waals surface area contributed by atoms with Crippen molar-refractivity contribution in [2.75, 3.05) is 27.2 Å². The van der Waals surface area contributed by atoms with Gasteiger partial charge in [0.1, 0.15) is 12.2 Å². The van der Waals surface area contributed by atoms with Crippen LogP contribution in [0, 0.1) is 17.2 Å². The highest BCUT2D eigenvalue weighted by molar-refractivity contribution is 5.64. The van der Waals surface area contributed by atoms with Crippen molar-refractivity contribution in [3.8, 4) is 6.07 Å². The summed E-state index contributed by atoms with van der Waals surface area (Å²) in [5.74, 6) is 1.66. The molecule has 50 heavy (non-hydrogen) atoms. The average molecular weight is 679 g/mol. The molecule has 1 aliphatic heterocycles. The fraction of sp³-hybridized carbons (Fsp3) is 0.381. The Morgan fingerprint density at radius 1 is 0.960 bits per heavy atom. The molecule has 4 N–H and O–H groups in total. The number of hydrazone groups is 1. The Morgan fingerprint density at radius 3 is 2.02 bits per heavy atom. The molecule has 0 aromatic heterocycles. The van der Waals surface area contributed by atoms with E-state index in [-0.39, 0.29) is 0 Å². The summed E-state index contributed by atoms with van der Waals surface area (Å²) in [6, 6.07) is 11.5. The summed E-state index contributed by atoms with van der Waals surface area (Å²) in [4.78, 5) is 6.13. The third-order valence-electron chi connectivity index (χ3n) is 8.76. The minimum atomic E-state index is 0.304. The van der Waals surface area contributed by atoms with Crippen LogP contribution in [0.1, 0.15) is 71.3 Å². The fourth-order valence-corrected chi connectivity index (χ4v) is 4.95. The monoisotopic (exact) mass is 679 g/mol. The van der Waals surface area contributed by atoms with Gasteiger partial charge in [0.2, 0.25) is 0 Å². The van der Waals surface area contributed by atoms with Crippen LogP contribution in [0.3, 0.4) is 0 Å². The van der Waals surface area contributed by atoms with E-state index in [2.05, 4.69) is 68.6 Å². The van der Waals surface area contributed by atoms with Gasteiger partial charge in [-0.1, -0.05) is 102 Å². The molecule has 8 nitrogen and oxygen atoms in total. The van der Waals surface area contributed by atoms with Crippen LogP contribution in [-0.4, -0.2) is 59.3 Å². The third-order valence-corrected chi connectivity index (χ3v) is 8.76. The Morgan fingerprint density at radius 2 is 1.54 bits per heavy atom. The third kappa shape index (κ3) is 15.8. The molecule has 1 atom stereocenters. The molecule has 3 rings (SSSR count). The van der Waals surface area contributed by atoms with Crippen molar-refractivity contribution in [2.24, 2.45) is 22.5 Å². The topological polar surface area (TPSA) is 101 Å². The highest BCUT2D eigenvalue weighted by Gasteiger charge is 2.24. The minimum Gasteiger partial charge on any atom is -0.405 e. The maximum Gasteiger partial charge on any atom is 0.128 e. The molecule has 1 fully saturated rings. The molecular formula is C42H62N8. The maximum atomic E-state index is 8.29. The van der Waals surface area contributed by atoms with Gasteiger partial charge in [0.05, 0.1) is 17.7 Å². The van der Waals surface area contributed by atoms with Crippen LogP contribution in [0.2, 0.25) is 0 Å². The van der Waals surface area contributed by atoms with Gasteiger partial charge in [-0.15, -0.1) is 0 Å². The van der Waals surface area contributed by atoms with Gasteiger partial charge in [0.15, 0.2) is 0 Å². The number of rotatable bonds is 16. The van der Waals surface area contributed by atoms with Crippen LogP contribution in [0.4, 0.5) is 0 Å². The zero-order chi connectivity index (χ0) is 37.5. The summed E-state index contributed by atoms with van der Waals surface area (Å²) in [7, 11) is 4.07. The highest BCUT2D eigenvalue weighted by Crippen LogP contribution is 2.30. The van der Waals surface area contributed by atoms with Crippen LogP contribution in [-0.2, 0) is 0 Å². The molecule has 8 heteroatoms. The number of nitrogens with zero attached hydrogens (tertiary/aromatic N) is 6. The summed E-state index contributed by atoms with van der Waals surface area (Å²) in [6.07, 6.45) is 23.4. The largest absolute Gasteiger partial charge is 0.405 e. The van der Waals surface area contributed by atoms with Gasteiger partial charge in [0.25, 0.3) is 0 Å². The second-order valence-electron chi connectivity index (χ2n) is 12.5. The lowest BCUT2D eigenvalue weighted by molar-refractivity contribution is 0.260. The number of benzene rings is 1. The number of nitriles is 1. The Kier molecular flexibility index (Phi) is 20.6. The minimum absolute atomic E-state index is 0.304. The van der Waals surface area contributed by atoms with E-state index in [1.165, 1.54) is 31.3 Å². The van der Waals surface area contributed by atoms with Gasteiger partial charge in [-0.05, 0) is 86.5 Å². The number of likely N-dealkylation sites (N-methyl/N-ethyl adjacent to an activating group) is 2. The molecule has 0 spiro atoms. The Bertz CT molecular complexity index is 1430. The van der Waals surface area contributed by atoms with Gasteiger partial charge in [-0.2, -0.15) is 10.4 Å². The lowest BCUT2D eigenvalue weighted by atomic mass is 9.98. The smallest absolute Gasteiger partial charge is 0.128 e. The zero-order valence-electron chi connectivity index (χ0n) is 31.4. The van der Waals surface area contributed by atoms with Crippen molar-refractivity contribution >= 4 is 6.34 Å². The van der Waals surface area contributed by atoms with Crippen molar-refractivity contribution < 1.29 is 0 Å². The van der Waals surface area contributed by atoms with Gasteiger partial charge in [0, 0.05) is 44.3 Å². The van der Waals surface area contributed by atoms with Crippen molar-refractivity contribution in [3.05, 3.63) is 146 Å². The Balaban J connectivity index is 0.000000502. The lowest BCUT2D eigenvalue weighted by Gasteiger charge is -2.26. The zero-order valence-corrected chi connectivity index (χ0v) is 31.4. The first-order valence-corrected chi connectivity index (χ1v) is 17.5. The second-order valence-corrected chi connectivity index (χ2v) is 12.5. The van der Waals surface area contributed by atoms with E-state index < -0.39 is 0 Å². The molecule has 1 aromatic rings. The number of allylic oxidation sites excluding steroid dienone is 7. The van der Waals surface area contributed by atoms with Gasteiger partial charge in [-0.25, -0.2) is 5.01 Å². The van der Waals surface area contributed by atoms with E-state index in [0.717, 1.165) is 66.8 Å². The normalized spacial score (nSPS) is 15.0. The Hall–Kier alpha value is -5.16. The SMILES string of the molecule is C=C(/C=C\C(=C)N(C)CCN(C)C(=C)/C=C\C(=C)N1C=NN(C(C)CC)C1=C)CC.N#Cc1ccccc1.N/C=C\C(=C/N)CC1CCCC1. The van der Waals surface area contributed by atoms with Crippen LogP contribution in [0.5, 0.6) is 0 Å². The Labute approximate surface area is 303 Å². The molecule has 2 aliphatic rings. The summed E-state index contributed by atoms with van der Waals surface area (Å²) < 4.78 is 0. The summed E-state index contributed by atoms with van der Waals surface area (Å²) in [5.41, 5.74) is 16.4. The molecule has 1 unspecified atom stereocenters. The van der Waals surface area contributed by atoms with Crippen molar-refractivity contribution in [2.45, 2.75) is 71.8 Å². The molecule has 0 saturated heterocycles. The molecule has 1 aromatic carbocycles. The van der Waals surface area contributed by atoms with E-state index >= 15 is 0 Å². The summed E-state index contributed by atoms with van der Waals surface area (Å²) in [5, 5.41) is 14.6. The first kappa shape index (κ1) is 42.9. The van der Waals surface area contributed by atoms with E-state index in [1.807, 2.05) is 78.7 Å². The van der Waals surface area contributed by atoms with Crippen LogP contribution in [0.15, 0.2) is 145 Å². The molecular weight excluding hydrogens is 617 g/mol. The van der Waals surface area contributed by atoms with Gasteiger partial charge in [-0.3, -0.25) is 4.90 Å². The predicted octanol–water partition coefficient (Wildman–Crippen LogP) is 8.74. The molecule has 0 radical (unpaired) electrons.